The van der Waals surface area contributed by atoms with Crippen molar-refractivity contribution in [3.63, 3.8) is 0 Å². The molecule has 1 saturated heterocycles. The Labute approximate surface area is 196 Å². The standard InChI is InChI=1S/C28H34N2O3/c1-20(2)17-33-22-9-7-8-21(16-22)23-12-13-26(25-11-6-5-10-24(23)25)27(31)30-15-14-28(32,19-30)18-29(3)4/h5-13,16,20,32H,14-15,17-19H2,1-4H3. The average Bonchev–Trinajstić information content (AvgIpc) is 3.17. The van der Waals surface area contributed by atoms with Crippen LogP contribution in [-0.4, -0.2) is 66.8 Å². The SMILES string of the molecule is CC(C)COc1cccc(-c2ccc(C(=O)N3CCC(O)(CN(C)C)C3)c3ccccc23)c1. The van der Waals surface area contributed by atoms with Crippen LogP contribution in [-0.2, 0) is 0 Å². The van der Waals surface area contributed by atoms with Crippen molar-refractivity contribution in [1.82, 2.24) is 9.80 Å². The first-order valence-corrected chi connectivity index (χ1v) is 11.7. The zero-order valence-corrected chi connectivity index (χ0v) is 20.0. The second-order valence-electron chi connectivity index (χ2n) is 9.88. The Bertz CT molecular complexity index is 1140. The van der Waals surface area contributed by atoms with Gasteiger partial charge in [0.25, 0.3) is 5.91 Å². The minimum absolute atomic E-state index is 0.0264. The van der Waals surface area contributed by atoms with Crippen LogP contribution in [0.5, 0.6) is 5.75 Å². The Balaban J connectivity index is 1.65. The van der Waals surface area contributed by atoms with E-state index < -0.39 is 5.60 Å². The molecule has 0 aliphatic carbocycles. The summed E-state index contributed by atoms with van der Waals surface area (Å²) in [5.74, 6) is 1.28. The van der Waals surface area contributed by atoms with Crippen LogP contribution in [0.3, 0.4) is 0 Å². The number of likely N-dealkylation sites (tertiary alicyclic amines) is 1. The number of ether oxygens (including phenoxy) is 1. The van der Waals surface area contributed by atoms with Gasteiger partial charge in [-0.2, -0.15) is 0 Å². The Kier molecular flexibility index (Phi) is 6.73. The minimum atomic E-state index is -0.856. The molecule has 1 unspecified atom stereocenters. The number of amides is 1. The van der Waals surface area contributed by atoms with Crippen molar-refractivity contribution in [3.05, 3.63) is 66.2 Å². The molecule has 33 heavy (non-hydrogen) atoms. The first-order valence-electron chi connectivity index (χ1n) is 11.7. The topological polar surface area (TPSA) is 53.0 Å². The summed E-state index contributed by atoms with van der Waals surface area (Å²) in [5, 5.41) is 12.9. The molecule has 1 aliphatic heterocycles. The van der Waals surface area contributed by atoms with Gasteiger partial charge in [-0.15, -0.1) is 0 Å². The van der Waals surface area contributed by atoms with Gasteiger partial charge in [-0.25, -0.2) is 0 Å². The van der Waals surface area contributed by atoms with Crippen molar-refractivity contribution in [2.45, 2.75) is 25.9 Å². The van der Waals surface area contributed by atoms with E-state index in [1.54, 1.807) is 4.90 Å². The third-order valence-corrected chi connectivity index (χ3v) is 6.11. The molecule has 1 heterocycles. The fourth-order valence-corrected chi connectivity index (χ4v) is 4.67. The summed E-state index contributed by atoms with van der Waals surface area (Å²) in [4.78, 5) is 17.2. The Morgan fingerprint density at radius 1 is 1.09 bits per heavy atom. The lowest BCUT2D eigenvalue weighted by atomic mass is 9.94. The van der Waals surface area contributed by atoms with E-state index in [2.05, 4.69) is 32.0 Å². The van der Waals surface area contributed by atoms with Gasteiger partial charge < -0.3 is 19.6 Å². The Morgan fingerprint density at radius 3 is 2.58 bits per heavy atom. The van der Waals surface area contributed by atoms with Crippen molar-refractivity contribution in [3.8, 4) is 16.9 Å². The van der Waals surface area contributed by atoms with Gasteiger partial charge in [0, 0.05) is 18.7 Å². The first kappa shape index (κ1) is 23.3. The van der Waals surface area contributed by atoms with Crippen LogP contribution in [0.25, 0.3) is 21.9 Å². The molecule has 5 nitrogen and oxygen atoms in total. The maximum atomic E-state index is 13.5. The molecule has 0 bridgehead atoms. The lowest BCUT2D eigenvalue weighted by Gasteiger charge is -2.26. The van der Waals surface area contributed by atoms with Crippen molar-refractivity contribution in [1.29, 1.82) is 0 Å². The van der Waals surface area contributed by atoms with E-state index in [9.17, 15) is 9.90 Å². The Morgan fingerprint density at radius 2 is 1.85 bits per heavy atom. The summed E-state index contributed by atoms with van der Waals surface area (Å²) in [5.41, 5.74) is 1.96. The van der Waals surface area contributed by atoms with E-state index in [0.29, 0.717) is 44.1 Å². The van der Waals surface area contributed by atoms with Crippen molar-refractivity contribution in [2.24, 2.45) is 5.92 Å². The number of hydrogen-bond acceptors (Lipinski definition) is 4. The first-order chi connectivity index (χ1) is 15.8. The molecule has 3 aromatic carbocycles. The van der Waals surface area contributed by atoms with E-state index >= 15 is 0 Å². The zero-order chi connectivity index (χ0) is 23.6. The highest BCUT2D eigenvalue weighted by molar-refractivity contribution is 6.11. The Hall–Kier alpha value is -2.89. The normalized spacial score (nSPS) is 18.5. The van der Waals surface area contributed by atoms with Gasteiger partial charge in [0.05, 0.1) is 18.8 Å². The average molecular weight is 447 g/mol. The molecule has 1 N–H and O–H groups in total. The van der Waals surface area contributed by atoms with Gasteiger partial charge in [0.15, 0.2) is 0 Å². The summed E-state index contributed by atoms with van der Waals surface area (Å²) < 4.78 is 5.93. The predicted octanol–water partition coefficient (Wildman–Crippen LogP) is 4.68. The van der Waals surface area contributed by atoms with Crippen molar-refractivity contribution in [2.75, 3.05) is 40.3 Å². The molecule has 0 saturated carbocycles. The van der Waals surface area contributed by atoms with Gasteiger partial charge in [0.1, 0.15) is 5.75 Å². The number of benzene rings is 3. The number of likely N-dealkylation sites (N-methyl/N-ethyl adjacent to an activating group) is 1. The van der Waals surface area contributed by atoms with Gasteiger partial charge >= 0.3 is 0 Å². The van der Waals surface area contributed by atoms with E-state index in [0.717, 1.165) is 27.6 Å². The molecule has 0 radical (unpaired) electrons. The molecule has 174 valence electrons. The number of rotatable bonds is 7. The van der Waals surface area contributed by atoms with Crippen LogP contribution in [0.2, 0.25) is 0 Å². The molecule has 0 spiro atoms. The molecular formula is C28H34N2O3. The second kappa shape index (κ2) is 9.54. The van der Waals surface area contributed by atoms with E-state index in [4.69, 9.17) is 4.74 Å². The van der Waals surface area contributed by atoms with Crippen LogP contribution in [0, 0.1) is 5.92 Å². The maximum absolute atomic E-state index is 13.5. The van der Waals surface area contributed by atoms with E-state index in [-0.39, 0.29) is 5.91 Å². The summed E-state index contributed by atoms with van der Waals surface area (Å²) in [6.07, 6.45) is 0.593. The third-order valence-electron chi connectivity index (χ3n) is 6.11. The fourth-order valence-electron chi connectivity index (χ4n) is 4.67. The summed E-state index contributed by atoms with van der Waals surface area (Å²) in [7, 11) is 3.88. The highest BCUT2D eigenvalue weighted by Gasteiger charge is 2.39. The highest BCUT2D eigenvalue weighted by Crippen LogP contribution is 2.34. The third kappa shape index (κ3) is 5.21. The van der Waals surface area contributed by atoms with Crippen molar-refractivity contribution < 1.29 is 14.6 Å². The van der Waals surface area contributed by atoms with Crippen LogP contribution < -0.4 is 4.74 Å². The number of nitrogens with zero attached hydrogens (tertiary/aromatic N) is 2. The van der Waals surface area contributed by atoms with Crippen LogP contribution in [0.1, 0.15) is 30.6 Å². The molecule has 3 aromatic rings. The number of carbonyl (C=O) groups excluding carboxylic acids is 1. The van der Waals surface area contributed by atoms with Crippen LogP contribution in [0.4, 0.5) is 0 Å². The highest BCUT2D eigenvalue weighted by atomic mass is 16.5. The largest absolute Gasteiger partial charge is 0.493 e. The second-order valence-corrected chi connectivity index (χ2v) is 9.88. The monoisotopic (exact) mass is 446 g/mol. The molecule has 1 fully saturated rings. The fraction of sp³-hybridized carbons (Fsp3) is 0.393. The van der Waals surface area contributed by atoms with Gasteiger partial charge in [0.2, 0.25) is 0 Å². The van der Waals surface area contributed by atoms with E-state index in [1.165, 1.54) is 0 Å². The number of carbonyl (C=O) groups is 1. The van der Waals surface area contributed by atoms with Crippen LogP contribution >= 0.6 is 0 Å². The maximum Gasteiger partial charge on any atom is 0.254 e. The van der Waals surface area contributed by atoms with Crippen molar-refractivity contribution >= 4 is 16.7 Å². The minimum Gasteiger partial charge on any atom is -0.493 e. The molecule has 1 aliphatic rings. The van der Waals surface area contributed by atoms with Gasteiger partial charge in [-0.3, -0.25) is 4.79 Å². The summed E-state index contributed by atoms with van der Waals surface area (Å²) in [6, 6.07) is 20.1. The van der Waals surface area contributed by atoms with Gasteiger partial charge in [-0.05, 0) is 66.5 Å². The molecular weight excluding hydrogens is 412 g/mol. The summed E-state index contributed by atoms with van der Waals surface area (Å²) in [6.45, 7) is 6.41. The quantitative estimate of drug-likeness (QED) is 0.573. The van der Waals surface area contributed by atoms with Gasteiger partial charge in [-0.1, -0.05) is 56.3 Å². The molecule has 1 amide bonds. The summed E-state index contributed by atoms with van der Waals surface area (Å²) >= 11 is 0. The van der Waals surface area contributed by atoms with Crippen LogP contribution in [0.15, 0.2) is 60.7 Å². The molecule has 0 aromatic heterocycles. The molecule has 5 heteroatoms. The predicted molar refractivity (Wildman–Crippen MR) is 134 cm³/mol. The number of hydrogen-bond donors (Lipinski definition) is 1. The number of aliphatic hydroxyl groups is 1. The number of β-amino-alcohol motifs (C(OH)–C–C–N with tert-alkyl or cyclic N) is 1. The van der Waals surface area contributed by atoms with E-state index in [1.807, 2.05) is 61.5 Å². The molecule has 1 atom stereocenters. The zero-order valence-electron chi connectivity index (χ0n) is 20.0. The number of fused-ring (bicyclic) bond motifs is 1. The molecule has 4 rings (SSSR count). The lowest BCUT2D eigenvalue weighted by Crippen LogP contribution is -2.43. The lowest BCUT2D eigenvalue weighted by molar-refractivity contribution is 0.0236. The smallest absolute Gasteiger partial charge is 0.254 e.